The number of methoxy groups -OCH3 is 1. The number of carbonyl (C=O) groups excluding carboxylic acids is 2. The lowest BCUT2D eigenvalue weighted by atomic mass is 10.0. The summed E-state index contributed by atoms with van der Waals surface area (Å²) in [5.41, 5.74) is 4.27. The third-order valence-electron chi connectivity index (χ3n) is 12.1. The van der Waals surface area contributed by atoms with Crippen LogP contribution in [0.4, 0.5) is 16.3 Å². The highest BCUT2D eigenvalue weighted by Crippen LogP contribution is 2.28. The van der Waals surface area contributed by atoms with Crippen LogP contribution in [0.1, 0.15) is 11.1 Å². The molecule has 4 aromatic heterocycles. The zero-order valence-electron chi connectivity index (χ0n) is 37.3. The van der Waals surface area contributed by atoms with Crippen LogP contribution >= 0.6 is 0 Å². The fourth-order valence-electron chi connectivity index (χ4n) is 8.42. The number of ether oxygens (including phenoxy) is 1. The molecule has 2 saturated heterocycles. The molecule has 68 heavy (non-hydrogen) atoms. The van der Waals surface area contributed by atoms with Crippen LogP contribution in [0.2, 0.25) is 0 Å². The largest absolute Gasteiger partial charge is 0.497 e. The zero-order valence-corrected chi connectivity index (χ0v) is 37.3. The number of rotatable bonds is 13. The summed E-state index contributed by atoms with van der Waals surface area (Å²) in [7, 11) is 1.61. The number of halogens is 1. The molecule has 2 amide bonds. The second kappa shape index (κ2) is 19.6. The minimum Gasteiger partial charge on any atom is -0.497 e. The molecule has 0 spiro atoms. The van der Waals surface area contributed by atoms with E-state index in [-0.39, 0.29) is 37.1 Å². The fraction of sp³-hybridized carbons (Fsp3) is 0.240. The van der Waals surface area contributed by atoms with E-state index in [0.29, 0.717) is 104 Å². The van der Waals surface area contributed by atoms with Crippen LogP contribution in [0.3, 0.4) is 0 Å². The first kappa shape index (κ1) is 43.5. The van der Waals surface area contributed by atoms with E-state index >= 15 is 4.39 Å². The Bertz CT molecular complexity index is 2990. The predicted molar refractivity (Wildman–Crippen MR) is 253 cm³/mol. The summed E-state index contributed by atoms with van der Waals surface area (Å²) in [6.45, 7) is 4.54. The van der Waals surface area contributed by atoms with E-state index in [2.05, 4.69) is 29.7 Å². The SMILES string of the molecule is COc1ccc(-c2nc(-c3ccc(Cc4cc(-c5nc(-c6ccccc6)n(CC(=O)N6CCN(c7ncccn7)CC6)n5)ccc4F)cc3)n(CC(=O)N3CCN(c4ncccn4)CC3)n2)cc1. The number of hydrogen-bond donors (Lipinski definition) is 0. The Balaban J connectivity index is 0.862. The molecule has 0 atom stereocenters. The van der Waals surface area contributed by atoms with Crippen molar-refractivity contribution < 1.29 is 18.7 Å². The van der Waals surface area contributed by atoms with E-state index in [4.69, 9.17) is 24.9 Å². The summed E-state index contributed by atoms with van der Waals surface area (Å²) in [5, 5.41) is 9.66. The van der Waals surface area contributed by atoms with Gasteiger partial charge in [0.05, 0.1) is 7.11 Å². The standard InChI is InChI=1S/C50H47FN14O3/c1-68-41-16-13-36(14-17-41)45-56-48(65(58-45)34-44(67)61-25-29-63(30-26-61)50-54-21-6-22-55-50)38-11-9-35(10-12-38)31-40-32-39(15-18-42(40)51)46-57-47(37-7-3-2-4-8-37)64(59-46)33-43(66)60-23-27-62(28-24-60)49-52-19-5-20-53-49/h2-22,32H,23-31,33-34H2,1H3. The number of amides is 2. The van der Waals surface area contributed by atoms with E-state index in [1.807, 2.05) is 88.7 Å². The molecule has 0 radical (unpaired) electrons. The monoisotopic (exact) mass is 910 g/mol. The molecule has 2 aliphatic heterocycles. The summed E-state index contributed by atoms with van der Waals surface area (Å²) in [6, 6.07) is 33.2. The second-order valence-corrected chi connectivity index (χ2v) is 16.4. The van der Waals surface area contributed by atoms with Crippen molar-refractivity contribution in [1.29, 1.82) is 0 Å². The number of hydrogen-bond acceptors (Lipinski definition) is 13. The molecule has 17 nitrogen and oxygen atoms in total. The van der Waals surface area contributed by atoms with Crippen molar-refractivity contribution in [2.75, 3.05) is 69.3 Å². The van der Waals surface area contributed by atoms with Crippen molar-refractivity contribution in [1.82, 2.24) is 59.3 Å². The molecule has 6 heterocycles. The van der Waals surface area contributed by atoms with E-state index in [0.717, 1.165) is 22.3 Å². The van der Waals surface area contributed by atoms with Gasteiger partial charge in [0.2, 0.25) is 23.7 Å². The number of carbonyl (C=O) groups is 2. The van der Waals surface area contributed by atoms with E-state index < -0.39 is 0 Å². The van der Waals surface area contributed by atoms with Crippen LogP contribution in [0, 0.1) is 5.82 Å². The maximum Gasteiger partial charge on any atom is 0.244 e. The molecule has 8 aromatic rings. The van der Waals surface area contributed by atoms with Crippen LogP contribution < -0.4 is 14.5 Å². The Morgan fingerprint density at radius 3 is 1.53 bits per heavy atom. The van der Waals surface area contributed by atoms with Crippen LogP contribution in [0.25, 0.3) is 45.6 Å². The minimum absolute atomic E-state index is 0.00832. The first-order valence-corrected chi connectivity index (χ1v) is 22.4. The lowest BCUT2D eigenvalue weighted by Crippen LogP contribution is -2.50. The molecule has 2 fully saturated rings. The number of anilines is 2. The zero-order chi connectivity index (χ0) is 46.4. The first-order valence-electron chi connectivity index (χ1n) is 22.4. The summed E-state index contributed by atoms with van der Waals surface area (Å²) < 4.78 is 24.3. The van der Waals surface area contributed by atoms with Crippen molar-refractivity contribution in [3.05, 3.63) is 151 Å². The Morgan fingerprint density at radius 1 is 0.544 bits per heavy atom. The third-order valence-corrected chi connectivity index (χ3v) is 12.1. The smallest absolute Gasteiger partial charge is 0.244 e. The predicted octanol–water partition coefficient (Wildman–Crippen LogP) is 5.55. The Hall–Kier alpha value is -8.41. The van der Waals surface area contributed by atoms with Gasteiger partial charge in [-0.25, -0.2) is 43.7 Å². The quantitative estimate of drug-likeness (QED) is 0.141. The van der Waals surface area contributed by atoms with Crippen LogP contribution in [0.15, 0.2) is 134 Å². The number of benzene rings is 4. The number of aromatic nitrogens is 10. The molecule has 2 aliphatic rings. The summed E-state index contributed by atoms with van der Waals surface area (Å²) in [5.74, 6) is 3.40. The molecular formula is C50H47FN14O3. The fourth-order valence-corrected chi connectivity index (χ4v) is 8.42. The topological polar surface area (TPSA) is 169 Å². The van der Waals surface area contributed by atoms with Gasteiger partial charge < -0.3 is 24.3 Å². The van der Waals surface area contributed by atoms with Gasteiger partial charge in [-0.05, 0) is 65.7 Å². The molecule has 0 unspecified atom stereocenters. The van der Waals surface area contributed by atoms with Gasteiger partial charge >= 0.3 is 0 Å². The van der Waals surface area contributed by atoms with Gasteiger partial charge in [0.25, 0.3) is 0 Å². The molecule has 18 heteroatoms. The van der Waals surface area contributed by atoms with Crippen molar-refractivity contribution in [3.63, 3.8) is 0 Å². The molecule has 342 valence electrons. The van der Waals surface area contributed by atoms with Gasteiger partial charge in [-0.15, -0.1) is 10.2 Å². The molecule has 4 aromatic carbocycles. The summed E-state index contributed by atoms with van der Waals surface area (Å²) >= 11 is 0. The molecule has 10 rings (SSSR count). The molecule has 0 bridgehead atoms. The van der Waals surface area contributed by atoms with Gasteiger partial charge in [-0.1, -0.05) is 54.6 Å². The number of nitrogens with zero attached hydrogens (tertiary/aromatic N) is 14. The summed E-state index contributed by atoms with van der Waals surface area (Å²) in [6.07, 6.45) is 7.14. The maximum absolute atomic E-state index is 15.6. The highest BCUT2D eigenvalue weighted by molar-refractivity contribution is 5.78. The highest BCUT2D eigenvalue weighted by atomic mass is 19.1. The van der Waals surface area contributed by atoms with Crippen molar-refractivity contribution in [2.24, 2.45) is 0 Å². The molecule has 0 saturated carbocycles. The first-order chi connectivity index (χ1) is 33.3. The van der Waals surface area contributed by atoms with E-state index in [1.54, 1.807) is 65.5 Å². The van der Waals surface area contributed by atoms with Gasteiger partial charge in [-0.2, -0.15) is 0 Å². The van der Waals surface area contributed by atoms with Gasteiger partial charge in [0.1, 0.15) is 24.7 Å². The van der Waals surface area contributed by atoms with Crippen molar-refractivity contribution >= 4 is 23.7 Å². The number of piperazine rings is 2. The van der Waals surface area contributed by atoms with E-state index in [1.165, 1.54) is 6.07 Å². The normalized spacial score (nSPS) is 14.0. The second-order valence-electron chi connectivity index (χ2n) is 16.4. The van der Waals surface area contributed by atoms with Crippen molar-refractivity contribution in [3.8, 4) is 51.3 Å². The van der Waals surface area contributed by atoms with Crippen LogP contribution in [-0.2, 0) is 29.1 Å². The molecule has 0 N–H and O–H groups in total. The lowest BCUT2D eigenvalue weighted by molar-refractivity contribution is -0.133. The van der Waals surface area contributed by atoms with Crippen LogP contribution in [-0.4, -0.2) is 131 Å². The van der Waals surface area contributed by atoms with Crippen LogP contribution in [0.5, 0.6) is 5.75 Å². The Kier molecular flexibility index (Phi) is 12.5. The summed E-state index contributed by atoms with van der Waals surface area (Å²) in [4.78, 5) is 62.6. The van der Waals surface area contributed by atoms with E-state index in [9.17, 15) is 9.59 Å². The van der Waals surface area contributed by atoms with Gasteiger partial charge in [-0.3, -0.25) is 9.59 Å². The van der Waals surface area contributed by atoms with Gasteiger partial charge in [0.15, 0.2) is 23.3 Å². The van der Waals surface area contributed by atoms with Gasteiger partial charge in [0, 0.05) is 106 Å². The molecular weight excluding hydrogens is 864 g/mol. The Morgan fingerprint density at radius 2 is 1.01 bits per heavy atom. The highest BCUT2D eigenvalue weighted by Gasteiger charge is 2.27. The van der Waals surface area contributed by atoms with Crippen molar-refractivity contribution in [2.45, 2.75) is 19.5 Å². The Labute approximate surface area is 391 Å². The minimum atomic E-state index is -0.365. The lowest BCUT2D eigenvalue weighted by Gasteiger charge is -2.34. The average Bonchev–Trinajstić information content (AvgIpc) is 4.02. The average molecular weight is 911 g/mol. The third kappa shape index (κ3) is 9.60. The maximum atomic E-state index is 15.6. The molecule has 0 aliphatic carbocycles.